The number of benzene rings is 1. The van der Waals surface area contributed by atoms with Gasteiger partial charge in [-0.05, 0) is 56.6 Å². The number of phenols is 1. The molecule has 2 aliphatic rings. The Labute approximate surface area is 157 Å². The molecule has 0 saturated heterocycles. The highest BCUT2D eigenvalue weighted by Gasteiger charge is 2.29. The van der Waals surface area contributed by atoms with Crippen molar-refractivity contribution in [3.05, 3.63) is 27.7 Å². The van der Waals surface area contributed by atoms with Crippen molar-refractivity contribution in [1.29, 1.82) is 0 Å². The summed E-state index contributed by atoms with van der Waals surface area (Å²) in [5.41, 5.74) is 0.0711. The lowest BCUT2D eigenvalue weighted by Gasteiger charge is -2.28. The molecule has 2 amide bonds. The lowest BCUT2D eigenvalue weighted by molar-refractivity contribution is -0.126. The Morgan fingerprint density at radius 3 is 2.40 bits per heavy atom. The van der Waals surface area contributed by atoms with E-state index in [-0.39, 0.29) is 34.2 Å². The Balaban J connectivity index is 1.50. The molecule has 25 heavy (non-hydrogen) atoms. The largest absolute Gasteiger partial charge is 0.506 e. The molecule has 2 fully saturated rings. The van der Waals surface area contributed by atoms with Gasteiger partial charge >= 0.3 is 0 Å². The van der Waals surface area contributed by atoms with E-state index in [2.05, 4.69) is 10.6 Å². The fraction of sp³-hybridized carbons (Fsp3) is 0.556. The molecule has 0 spiro atoms. The SMILES string of the molecule is O=C(NC1CCC(C(=O)NCC2CC2)CC1)c1cc(Cl)cc(Cl)c1O. The second-order valence-corrected chi connectivity index (χ2v) is 7.84. The topological polar surface area (TPSA) is 78.4 Å². The van der Waals surface area contributed by atoms with Crippen LogP contribution in [0, 0.1) is 11.8 Å². The Morgan fingerprint density at radius 1 is 1.08 bits per heavy atom. The van der Waals surface area contributed by atoms with Gasteiger partial charge in [-0.1, -0.05) is 23.2 Å². The Kier molecular flexibility index (Phi) is 5.74. The van der Waals surface area contributed by atoms with Gasteiger partial charge in [0.25, 0.3) is 5.91 Å². The van der Waals surface area contributed by atoms with Gasteiger partial charge in [0.15, 0.2) is 0 Å². The van der Waals surface area contributed by atoms with E-state index in [1.807, 2.05) is 0 Å². The maximum atomic E-state index is 12.4. The number of hydrogen-bond donors (Lipinski definition) is 3. The summed E-state index contributed by atoms with van der Waals surface area (Å²) in [5.74, 6) is 0.175. The van der Waals surface area contributed by atoms with E-state index in [1.54, 1.807) is 0 Å². The van der Waals surface area contributed by atoms with E-state index >= 15 is 0 Å². The van der Waals surface area contributed by atoms with Crippen LogP contribution in [0.25, 0.3) is 0 Å². The van der Waals surface area contributed by atoms with Crippen molar-refractivity contribution in [1.82, 2.24) is 10.6 Å². The third kappa shape index (κ3) is 4.79. The predicted molar refractivity (Wildman–Crippen MR) is 97.1 cm³/mol. The van der Waals surface area contributed by atoms with E-state index in [0.717, 1.165) is 32.2 Å². The molecule has 3 N–H and O–H groups in total. The molecule has 0 bridgehead atoms. The highest BCUT2D eigenvalue weighted by Crippen LogP contribution is 2.32. The van der Waals surface area contributed by atoms with Crippen molar-refractivity contribution in [2.45, 2.75) is 44.6 Å². The van der Waals surface area contributed by atoms with Crippen molar-refractivity contribution in [3.8, 4) is 5.75 Å². The van der Waals surface area contributed by atoms with Gasteiger partial charge in [0.1, 0.15) is 5.75 Å². The number of aromatic hydroxyl groups is 1. The summed E-state index contributed by atoms with van der Waals surface area (Å²) in [6.45, 7) is 0.796. The summed E-state index contributed by atoms with van der Waals surface area (Å²) >= 11 is 11.8. The Morgan fingerprint density at radius 2 is 1.76 bits per heavy atom. The zero-order valence-corrected chi connectivity index (χ0v) is 15.4. The first-order valence-electron chi connectivity index (χ1n) is 8.70. The van der Waals surface area contributed by atoms with Crippen LogP contribution in [0.3, 0.4) is 0 Å². The first-order valence-corrected chi connectivity index (χ1v) is 9.46. The molecule has 0 aromatic heterocycles. The third-order valence-electron chi connectivity index (χ3n) is 4.97. The van der Waals surface area contributed by atoms with E-state index < -0.39 is 5.91 Å². The summed E-state index contributed by atoms with van der Waals surface area (Å²) in [4.78, 5) is 24.5. The summed E-state index contributed by atoms with van der Waals surface area (Å²) in [5, 5.41) is 16.2. The van der Waals surface area contributed by atoms with Crippen LogP contribution >= 0.6 is 23.2 Å². The van der Waals surface area contributed by atoms with Gasteiger partial charge in [0.2, 0.25) is 5.91 Å². The van der Waals surface area contributed by atoms with Gasteiger partial charge in [0, 0.05) is 23.5 Å². The molecule has 0 aliphatic heterocycles. The van der Waals surface area contributed by atoms with Crippen LogP contribution in [-0.4, -0.2) is 29.5 Å². The molecule has 7 heteroatoms. The fourth-order valence-corrected chi connectivity index (χ4v) is 3.71. The highest BCUT2D eigenvalue weighted by atomic mass is 35.5. The van der Waals surface area contributed by atoms with Gasteiger partial charge in [0.05, 0.1) is 10.6 Å². The van der Waals surface area contributed by atoms with Crippen LogP contribution in [0.1, 0.15) is 48.9 Å². The normalized spacial score (nSPS) is 23.1. The van der Waals surface area contributed by atoms with E-state index in [0.29, 0.717) is 10.9 Å². The standard InChI is InChI=1S/C18H22Cl2N2O3/c19-12-7-14(16(23)15(20)8-12)18(25)22-13-5-3-11(4-6-13)17(24)21-9-10-1-2-10/h7-8,10-11,13,23H,1-6,9H2,(H,21,24)(H,22,25). The quantitative estimate of drug-likeness (QED) is 0.726. The van der Waals surface area contributed by atoms with Crippen LogP contribution < -0.4 is 10.6 Å². The summed E-state index contributed by atoms with van der Waals surface area (Å²) in [6, 6.07) is 2.77. The maximum absolute atomic E-state index is 12.4. The van der Waals surface area contributed by atoms with Crippen LogP contribution in [0.4, 0.5) is 0 Å². The van der Waals surface area contributed by atoms with Gasteiger partial charge in [-0.25, -0.2) is 0 Å². The van der Waals surface area contributed by atoms with Crippen LogP contribution in [-0.2, 0) is 4.79 Å². The number of nitrogens with one attached hydrogen (secondary N) is 2. The molecule has 1 aromatic rings. The van der Waals surface area contributed by atoms with Crippen molar-refractivity contribution < 1.29 is 14.7 Å². The average molecular weight is 385 g/mol. The number of phenolic OH excluding ortho intramolecular Hbond substituents is 1. The number of carbonyl (C=O) groups is 2. The van der Waals surface area contributed by atoms with Gasteiger partial charge < -0.3 is 15.7 Å². The minimum absolute atomic E-state index is 0.0165. The molecule has 0 radical (unpaired) electrons. The van der Waals surface area contributed by atoms with Crippen molar-refractivity contribution in [3.63, 3.8) is 0 Å². The molecular weight excluding hydrogens is 363 g/mol. The van der Waals surface area contributed by atoms with E-state index in [1.165, 1.54) is 25.0 Å². The molecule has 5 nitrogen and oxygen atoms in total. The summed E-state index contributed by atoms with van der Waals surface area (Å²) in [7, 11) is 0. The van der Waals surface area contributed by atoms with Gasteiger partial charge in [-0.2, -0.15) is 0 Å². The molecular formula is C18H22Cl2N2O3. The molecule has 0 atom stereocenters. The maximum Gasteiger partial charge on any atom is 0.255 e. The van der Waals surface area contributed by atoms with Gasteiger partial charge in [-0.3, -0.25) is 9.59 Å². The smallest absolute Gasteiger partial charge is 0.255 e. The van der Waals surface area contributed by atoms with Crippen molar-refractivity contribution in [2.75, 3.05) is 6.54 Å². The fourth-order valence-electron chi connectivity index (χ4n) is 3.21. The van der Waals surface area contributed by atoms with E-state index in [4.69, 9.17) is 23.2 Å². The monoisotopic (exact) mass is 384 g/mol. The molecule has 2 saturated carbocycles. The summed E-state index contributed by atoms with van der Waals surface area (Å²) < 4.78 is 0. The average Bonchev–Trinajstić information content (AvgIpc) is 3.41. The zero-order valence-electron chi connectivity index (χ0n) is 13.9. The number of hydrogen-bond acceptors (Lipinski definition) is 3. The summed E-state index contributed by atoms with van der Waals surface area (Å²) in [6.07, 6.45) is 5.43. The minimum atomic E-state index is -0.400. The Hall–Kier alpha value is -1.46. The molecule has 1 aromatic carbocycles. The second kappa shape index (κ2) is 7.83. The number of rotatable bonds is 5. The zero-order chi connectivity index (χ0) is 18.0. The first kappa shape index (κ1) is 18.3. The second-order valence-electron chi connectivity index (χ2n) is 6.99. The lowest BCUT2D eigenvalue weighted by atomic mass is 9.85. The molecule has 2 aliphatic carbocycles. The number of amides is 2. The molecule has 136 valence electrons. The van der Waals surface area contributed by atoms with E-state index in [9.17, 15) is 14.7 Å². The lowest BCUT2D eigenvalue weighted by Crippen LogP contribution is -2.41. The molecule has 0 heterocycles. The van der Waals surface area contributed by atoms with Crippen molar-refractivity contribution >= 4 is 35.0 Å². The van der Waals surface area contributed by atoms with Crippen LogP contribution in [0.5, 0.6) is 5.75 Å². The van der Waals surface area contributed by atoms with Crippen molar-refractivity contribution in [2.24, 2.45) is 11.8 Å². The Bertz CT molecular complexity index is 669. The first-order chi connectivity index (χ1) is 11.9. The molecule has 3 rings (SSSR count). The van der Waals surface area contributed by atoms with Crippen LogP contribution in [0.15, 0.2) is 12.1 Å². The highest BCUT2D eigenvalue weighted by molar-refractivity contribution is 6.36. The third-order valence-corrected chi connectivity index (χ3v) is 5.47. The molecule has 0 unspecified atom stereocenters. The van der Waals surface area contributed by atoms with Gasteiger partial charge in [-0.15, -0.1) is 0 Å². The predicted octanol–water partition coefficient (Wildman–Crippen LogP) is 3.51. The number of carbonyl (C=O) groups excluding carboxylic acids is 2. The number of halogens is 2. The minimum Gasteiger partial charge on any atom is -0.506 e. The van der Waals surface area contributed by atoms with Crippen LogP contribution in [0.2, 0.25) is 10.0 Å².